The number of alkyl halides is 4. The minimum Gasteiger partial charge on any atom is -0.364 e. The Morgan fingerprint density at radius 3 is 2.56 bits per heavy atom. The molecule has 0 aromatic rings. The lowest BCUT2D eigenvalue weighted by atomic mass is 9.97. The first-order chi connectivity index (χ1) is 11.5. The van der Waals surface area contributed by atoms with Gasteiger partial charge in [0.15, 0.2) is 0 Å². The highest BCUT2D eigenvalue weighted by Gasteiger charge is 2.54. The summed E-state index contributed by atoms with van der Waals surface area (Å²) >= 11 is 0. The van der Waals surface area contributed by atoms with E-state index in [1.807, 2.05) is 0 Å². The number of carbonyl (C=O) groups excluding carboxylic acids is 1. The van der Waals surface area contributed by atoms with Crippen molar-refractivity contribution in [3.8, 4) is 0 Å². The van der Waals surface area contributed by atoms with Crippen molar-refractivity contribution in [2.75, 3.05) is 18.8 Å². The summed E-state index contributed by atoms with van der Waals surface area (Å²) < 4.78 is 76.9. The van der Waals surface area contributed by atoms with Crippen molar-refractivity contribution in [2.24, 2.45) is 11.0 Å². The molecule has 1 amide bonds. The van der Waals surface area contributed by atoms with Crippen LogP contribution in [0, 0.1) is 5.92 Å². The quantitative estimate of drug-likeness (QED) is 0.706. The molecular formula is C13H19F4N3O4S. The first kappa shape index (κ1) is 20.0. The van der Waals surface area contributed by atoms with Crippen LogP contribution < -0.4 is 0 Å². The average Bonchev–Trinajstić information content (AvgIpc) is 2.94. The van der Waals surface area contributed by atoms with Crippen LogP contribution in [0.25, 0.3) is 0 Å². The van der Waals surface area contributed by atoms with E-state index < -0.39 is 52.6 Å². The summed E-state index contributed by atoms with van der Waals surface area (Å²) in [6.07, 6.45) is -7.36. The number of sulfonamides is 1. The van der Waals surface area contributed by atoms with Gasteiger partial charge in [0.25, 0.3) is 12.9 Å². The normalized spacial score (nSPS) is 28.7. The van der Waals surface area contributed by atoms with Crippen LogP contribution in [0.3, 0.4) is 0 Å². The third kappa shape index (κ3) is 3.80. The van der Waals surface area contributed by atoms with Crippen molar-refractivity contribution < 1.29 is 35.9 Å². The second kappa shape index (κ2) is 7.16. The maximum Gasteiger partial charge on any atom is 0.287 e. The Labute approximate surface area is 142 Å². The first-order valence-corrected chi connectivity index (χ1v) is 9.31. The highest BCUT2D eigenvalue weighted by atomic mass is 32.2. The number of piperidine rings is 1. The zero-order chi connectivity index (χ0) is 19.0. The molecule has 25 heavy (non-hydrogen) atoms. The van der Waals surface area contributed by atoms with E-state index in [1.165, 1.54) is 6.92 Å². The van der Waals surface area contributed by atoms with Gasteiger partial charge >= 0.3 is 0 Å². The third-order valence-corrected chi connectivity index (χ3v) is 6.19. The molecule has 1 N–H and O–H groups in total. The number of carbonyl (C=O) groups is 1. The Bertz CT molecular complexity index is 658. The van der Waals surface area contributed by atoms with Gasteiger partial charge in [-0.1, -0.05) is 0 Å². The molecule has 1 saturated heterocycles. The second-order valence-corrected chi connectivity index (χ2v) is 8.25. The van der Waals surface area contributed by atoms with Gasteiger partial charge in [-0.2, -0.15) is 10.1 Å². The number of halogens is 4. The van der Waals surface area contributed by atoms with Crippen LogP contribution in [0.2, 0.25) is 0 Å². The van der Waals surface area contributed by atoms with E-state index in [0.29, 0.717) is 6.42 Å². The Morgan fingerprint density at radius 1 is 1.40 bits per heavy atom. The van der Waals surface area contributed by atoms with Gasteiger partial charge in [-0.25, -0.2) is 30.3 Å². The zero-order valence-corrected chi connectivity index (χ0v) is 14.2. The van der Waals surface area contributed by atoms with Crippen molar-refractivity contribution in [1.82, 2.24) is 9.31 Å². The summed E-state index contributed by atoms with van der Waals surface area (Å²) in [6.45, 7) is 1.35. The zero-order valence-electron chi connectivity index (χ0n) is 13.4. The summed E-state index contributed by atoms with van der Waals surface area (Å²) in [4.78, 5) is 12.5. The van der Waals surface area contributed by atoms with Crippen molar-refractivity contribution in [2.45, 2.75) is 44.8 Å². The smallest absolute Gasteiger partial charge is 0.287 e. The molecule has 0 aliphatic carbocycles. The van der Waals surface area contributed by atoms with Crippen LogP contribution in [0.15, 0.2) is 5.10 Å². The van der Waals surface area contributed by atoms with Crippen LogP contribution in [0.4, 0.5) is 17.6 Å². The maximum atomic E-state index is 13.2. The molecule has 0 saturated carbocycles. The molecule has 2 aliphatic heterocycles. The molecule has 0 aromatic carbocycles. The number of hydrogen-bond acceptors (Lipinski definition) is 5. The standard InChI is InChI=1S/C13H19F4N3O4S/c1-2-25(23,24)19-5-3-4-8(7-19)11(21)20-13(22,12(16)17)6-9(18-20)10(14)15/h8,10,12,22H,2-7H2,1H3/t8-,13+/m1/s1. The lowest BCUT2D eigenvalue weighted by molar-refractivity contribution is -0.195. The van der Waals surface area contributed by atoms with E-state index >= 15 is 0 Å². The van der Waals surface area contributed by atoms with E-state index in [2.05, 4.69) is 5.10 Å². The molecule has 0 radical (unpaired) electrons. The largest absolute Gasteiger partial charge is 0.364 e. The lowest BCUT2D eigenvalue weighted by Gasteiger charge is -2.36. The molecule has 0 spiro atoms. The van der Waals surface area contributed by atoms with Gasteiger partial charge in [0.1, 0.15) is 5.71 Å². The fraction of sp³-hybridized carbons (Fsp3) is 0.846. The molecule has 144 valence electrons. The van der Waals surface area contributed by atoms with Gasteiger partial charge in [-0.3, -0.25) is 4.79 Å². The number of hydrazone groups is 1. The summed E-state index contributed by atoms with van der Waals surface area (Å²) in [5.74, 6) is -2.32. The summed E-state index contributed by atoms with van der Waals surface area (Å²) in [7, 11) is -3.58. The Kier molecular flexibility index (Phi) is 5.74. The van der Waals surface area contributed by atoms with Crippen LogP contribution >= 0.6 is 0 Å². The van der Waals surface area contributed by atoms with Gasteiger partial charge in [-0.15, -0.1) is 0 Å². The van der Waals surface area contributed by atoms with Crippen molar-refractivity contribution in [3.63, 3.8) is 0 Å². The van der Waals surface area contributed by atoms with E-state index in [4.69, 9.17) is 0 Å². The van der Waals surface area contributed by atoms with E-state index in [1.54, 1.807) is 0 Å². The van der Waals surface area contributed by atoms with Gasteiger partial charge in [-0.05, 0) is 19.8 Å². The number of hydrogen-bond donors (Lipinski definition) is 1. The Hall–Kier alpha value is -1.27. The summed E-state index contributed by atoms with van der Waals surface area (Å²) in [5, 5.41) is 13.2. The molecule has 2 atom stereocenters. The summed E-state index contributed by atoms with van der Waals surface area (Å²) in [5.41, 5.74) is -4.15. The minimum absolute atomic E-state index is 0.00584. The SMILES string of the molecule is CCS(=O)(=O)N1CCC[C@@H](C(=O)N2N=C(C(F)F)C[C@]2(O)C(F)F)C1. The Morgan fingerprint density at radius 2 is 2.04 bits per heavy atom. The van der Waals surface area contributed by atoms with Gasteiger partial charge in [0.2, 0.25) is 21.7 Å². The first-order valence-electron chi connectivity index (χ1n) is 7.71. The molecule has 2 aliphatic rings. The van der Waals surface area contributed by atoms with Crippen molar-refractivity contribution in [1.29, 1.82) is 0 Å². The number of aliphatic hydroxyl groups is 1. The average molecular weight is 389 g/mol. The summed E-state index contributed by atoms with van der Waals surface area (Å²) in [6, 6.07) is 0. The molecule has 7 nitrogen and oxygen atoms in total. The van der Waals surface area contributed by atoms with Crippen LogP contribution in [0.1, 0.15) is 26.2 Å². The highest BCUT2D eigenvalue weighted by molar-refractivity contribution is 7.89. The number of amides is 1. The Balaban J connectivity index is 2.25. The van der Waals surface area contributed by atoms with Gasteiger partial charge in [0, 0.05) is 19.5 Å². The molecule has 0 aromatic heterocycles. The number of nitrogens with zero attached hydrogens (tertiary/aromatic N) is 3. The second-order valence-electron chi connectivity index (χ2n) is 6.00. The lowest BCUT2D eigenvalue weighted by Crippen LogP contribution is -2.55. The van der Waals surface area contributed by atoms with Crippen molar-refractivity contribution in [3.05, 3.63) is 0 Å². The predicted molar refractivity (Wildman–Crippen MR) is 79.6 cm³/mol. The molecule has 12 heteroatoms. The molecular weight excluding hydrogens is 370 g/mol. The maximum absolute atomic E-state index is 13.2. The monoisotopic (exact) mass is 389 g/mol. The fourth-order valence-electron chi connectivity index (χ4n) is 2.87. The molecule has 0 unspecified atom stereocenters. The van der Waals surface area contributed by atoms with Crippen molar-refractivity contribution >= 4 is 21.6 Å². The minimum atomic E-state index is -3.58. The van der Waals surface area contributed by atoms with Gasteiger partial charge in [0.05, 0.1) is 11.7 Å². The molecule has 0 bridgehead atoms. The van der Waals surface area contributed by atoms with E-state index in [0.717, 1.165) is 4.31 Å². The molecule has 2 rings (SSSR count). The van der Waals surface area contributed by atoms with Crippen LogP contribution in [-0.4, -0.2) is 71.9 Å². The van der Waals surface area contributed by atoms with Gasteiger partial charge < -0.3 is 5.11 Å². The van der Waals surface area contributed by atoms with Crippen LogP contribution in [-0.2, 0) is 14.8 Å². The molecule has 2 heterocycles. The molecule has 1 fully saturated rings. The number of rotatable bonds is 5. The predicted octanol–water partition coefficient (Wildman–Crippen LogP) is 0.855. The topological polar surface area (TPSA) is 90.3 Å². The fourth-order valence-corrected chi connectivity index (χ4v) is 4.05. The van der Waals surface area contributed by atoms with E-state index in [-0.39, 0.29) is 30.3 Å². The third-order valence-electron chi connectivity index (χ3n) is 4.34. The van der Waals surface area contributed by atoms with E-state index in [9.17, 15) is 35.9 Å². The van der Waals surface area contributed by atoms with Crippen LogP contribution in [0.5, 0.6) is 0 Å². The highest BCUT2D eigenvalue weighted by Crippen LogP contribution is 2.35.